The Morgan fingerprint density at radius 1 is 1.40 bits per heavy atom. The Morgan fingerprint density at radius 3 is 3.10 bits per heavy atom. The van der Waals surface area contributed by atoms with Gasteiger partial charge in [-0.25, -0.2) is 0 Å². The molecule has 1 aromatic carbocycles. The van der Waals surface area contributed by atoms with E-state index in [1.165, 1.54) is 0 Å². The molecule has 0 aliphatic carbocycles. The normalized spacial score (nSPS) is 16.4. The fraction of sp³-hybridized carbons (Fsp3) is 0.429. The summed E-state index contributed by atoms with van der Waals surface area (Å²) < 4.78 is 0. The van der Waals surface area contributed by atoms with E-state index in [2.05, 4.69) is 20.8 Å². The molecule has 5 nitrogen and oxygen atoms in total. The highest BCUT2D eigenvalue weighted by molar-refractivity contribution is 8.00. The standard InChI is InChI=1S/C14H18N4OS/c19-14(9-20-10-4-6-15-7-5-10)17-12-2-1-3-13-11(12)8-16-18-13/h1-3,8,10,15H,4-7,9H2,(H,16,18)(H,17,19). The van der Waals surface area contributed by atoms with Crippen molar-refractivity contribution in [1.29, 1.82) is 0 Å². The Balaban J connectivity index is 1.57. The second-order valence-electron chi connectivity index (χ2n) is 4.95. The Hall–Kier alpha value is -1.53. The number of H-pyrrole nitrogens is 1. The molecule has 3 N–H and O–H groups in total. The number of benzene rings is 1. The molecule has 0 unspecified atom stereocenters. The lowest BCUT2D eigenvalue weighted by Crippen LogP contribution is -2.30. The molecule has 1 aliphatic heterocycles. The summed E-state index contributed by atoms with van der Waals surface area (Å²) in [4.78, 5) is 12.0. The quantitative estimate of drug-likeness (QED) is 0.805. The number of thioether (sulfide) groups is 1. The minimum atomic E-state index is 0.0576. The molecule has 2 heterocycles. The average Bonchev–Trinajstić information content (AvgIpc) is 2.96. The minimum absolute atomic E-state index is 0.0576. The van der Waals surface area contributed by atoms with Gasteiger partial charge in [0, 0.05) is 10.6 Å². The zero-order valence-electron chi connectivity index (χ0n) is 11.2. The Kier molecular flexibility index (Phi) is 4.22. The van der Waals surface area contributed by atoms with E-state index in [1.54, 1.807) is 18.0 Å². The molecular formula is C14H18N4OS. The summed E-state index contributed by atoms with van der Waals surface area (Å²) in [6, 6.07) is 5.77. The highest BCUT2D eigenvalue weighted by Gasteiger charge is 2.15. The smallest absolute Gasteiger partial charge is 0.234 e. The van der Waals surface area contributed by atoms with Crippen LogP contribution in [0.1, 0.15) is 12.8 Å². The van der Waals surface area contributed by atoms with Crippen molar-refractivity contribution in [2.24, 2.45) is 0 Å². The molecule has 0 radical (unpaired) electrons. The van der Waals surface area contributed by atoms with Gasteiger partial charge in [-0.05, 0) is 38.1 Å². The van der Waals surface area contributed by atoms with E-state index in [0.717, 1.165) is 42.5 Å². The van der Waals surface area contributed by atoms with Crippen molar-refractivity contribution in [3.63, 3.8) is 0 Å². The first-order valence-corrected chi connectivity index (χ1v) is 7.92. The van der Waals surface area contributed by atoms with Crippen LogP contribution in [0.25, 0.3) is 10.9 Å². The third kappa shape index (κ3) is 3.13. The van der Waals surface area contributed by atoms with Crippen LogP contribution in [-0.2, 0) is 4.79 Å². The number of carbonyl (C=O) groups is 1. The number of nitrogens with zero attached hydrogens (tertiary/aromatic N) is 1. The molecular weight excluding hydrogens is 272 g/mol. The van der Waals surface area contributed by atoms with E-state index in [0.29, 0.717) is 11.0 Å². The number of piperidine rings is 1. The van der Waals surface area contributed by atoms with Gasteiger partial charge in [-0.3, -0.25) is 9.89 Å². The van der Waals surface area contributed by atoms with Crippen molar-refractivity contribution < 1.29 is 4.79 Å². The molecule has 1 fully saturated rings. The highest BCUT2D eigenvalue weighted by Crippen LogP contribution is 2.23. The SMILES string of the molecule is O=C(CSC1CCNCC1)Nc1cccc2[nH]ncc12. The largest absolute Gasteiger partial charge is 0.325 e. The van der Waals surface area contributed by atoms with Gasteiger partial charge in [0.15, 0.2) is 0 Å². The second-order valence-corrected chi connectivity index (χ2v) is 6.23. The zero-order chi connectivity index (χ0) is 13.8. The first-order chi connectivity index (χ1) is 9.83. The van der Waals surface area contributed by atoms with Crippen LogP contribution in [0.2, 0.25) is 0 Å². The van der Waals surface area contributed by atoms with Crippen LogP contribution in [0.3, 0.4) is 0 Å². The summed E-state index contributed by atoms with van der Waals surface area (Å²) in [5, 5.41) is 14.8. The minimum Gasteiger partial charge on any atom is -0.325 e. The fourth-order valence-electron chi connectivity index (χ4n) is 2.42. The van der Waals surface area contributed by atoms with Crippen molar-refractivity contribution >= 4 is 34.3 Å². The molecule has 0 spiro atoms. The van der Waals surface area contributed by atoms with Gasteiger partial charge in [0.1, 0.15) is 0 Å². The van der Waals surface area contributed by atoms with Gasteiger partial charge in [0.05, 0.1) is 23.2 Å². The molecule has 0 atom stereocenters. The van der Waals surface area contributed by atoms with Gasteiger partial charge in [-0.15, -0.1) is 11.8 Å². The summed E-state index contributed by atoms with van der Waals surface area (Å²) in [6.45, 7) is 2.13. The third-order valence-electron chi connectivity index (χ3n) is 3.50. The van der Waals surface area contributed by atoms with Crippen molar-refractivity contribution in [3.05, 3.63) is 24.4 Å². The molecule has 106 valence electrons. The highest BCUT2D eigenvalue weighted by atomic mass is 32.2. The van der Waals surface area contributed by atoms with Crippen LogP contribution >= 0.6 is 11.8 Å². The van der Waals surface area contributed by atoms with Gasteiger partial charge < -0.3 is 10.6 Å². The van der Waals surface area contributed by atoms with E-state index in [4.69, 9.17) is 0 Å². The lowest BCUT2D eigenvalue weighted by Gasteiger charge is -2.21. The maximum Gasteiger partial charge on any atom is 0.234 e. The molecule has 0 saturated carbocycles. The van der Waals surface area contributed by atoms with Crippen LogP contribution in [0.4, 0.5) is 5.69 Å². The summed E-state index contributed by atoms with van der Waals surface area (Å²) in [7, 11) is 0. The molecule has 1 saturated heterocycles. The van der Waals surface area contributed by atoms with Crippen molar-refractivity contribution in [3.8, 4) is 0 Å². The number of carbonyl (C=O) groups excluding carboxylic acids is 1. The van der Waals surface area contributed by atoms with Gasteiger partial charge in [0.2, 0.25) is 5.91 Å². The molecule has 6 heteroatoms. The van der Waals surface area contributed by atoms with Crippen LogP contribution in [0.5, 0.6) is 0 Å². The third-order valence-corrected chi connectivity index (χ3v) is 4.87. The molecule has 20 heavy (non-hydrogen) atoms. The number of aromatic amines is 1. The van der Waals surface area contributed by atoms with Crippen molar-refractivity contribution in [1.82, 2.24) is 15.5 Å². The van der Waals surface area contributed by atoms with Crippen LogP contribution in [0, 0.1) is 0 Å². The number of rotatable bonds is 4. The summed E-state index contributed by atoms with van der Waals surface area (Å²) in [6.07, 6.45) is 4.04. The van der Waals surface area contributed by atoms with Gasteiger partial charge >= 0.3 is 0 Å². The van der Waals surface area contributed by atoms with E-state index in [1.807, 2.05) is 18.2 Å². The van der Waals surface area contributed by atoms with Gasteiger partial charge in [-0.2, -0.15) is 5.10 Å². The van der Waals surface area contributed by atoms with Crippen LogP contribution < -0.4 is 10.6 Å². The van der Waals surface area contributed by atoms with Crippen molar-refractivity contribution in [2.45, 2.75) is 18.1 Å². The Labute approximate surface area is 121 Å². The fourth-order valence-corrected chi connectivity index (χ4v) is 3.45. The molecule has 2 aromatic rings. The Bertz CT molecular complexity index is 592. The number of hydrogen-bond acceptors (Lipinski definition) is 4. The molecule has 1 aromatic heterocycles. The first kappa shape index (κ1) is 13.5. The molecule has 1 aliphatic rings. The number of anilines is 1. The summed E-state index contributed by atoms with van der Waals surface area (Å²) in [5.74, 6) is 0.570. The lowest BCUT2D eigenvalue weighted by atomic mass is 10.2. The molecule has 0 bridgehead atoms. The van der Waals surface area contributed by atoms with E-state index < -0.39 is 0 Å². The maximum atomic E-state index is 12.0. The zero-order valence-corrected chi connectivity index (χ0v) is 12.0. The maximum absolute atomic E-state index is 12.0. The number of aromatic nitrogens is 2. The first-order valence-electron chi connectivity index (χ1n) is 6.87. The van der Waals surface area contributed by atoms with Gasteiger partial charge in [0.25, 0.3) is 0 Å². The van der Waals surface area contributed by atoms with Gasteiger partial charge in [-0.1, -0.05) is 6.07 Å². The molecule has 1 amide bonds. The predicted octanol–water partition coefficient (Wildman–Crippen LogP) is 1.99. The average molecular weight is 290 g/mol. The van der Waals surface area contributed by atoms with E-state index >= 15 is 0 Å². The van der Waals surface area contributed by atoms with E-state index in [-0.39, 0.29) is 5.91 Å². The monoisotopic (exact) mass is 290 g/mol. The number of nitrogens with one attached hydrogen (secondary N) is 3. The Morgan fingerprint density at radius 2 is 2.25 bits per heavy atom. The topological polar surface area (TPSA) is 69.8 Å². The predicted molar refractivity (Wildman–Crippen MR) is 83.1 cm³/mol. The van der Waals surface area contributed by atoms with Crippen LogP contribution in [-0.4, -0.2) is 40.2 Å². The van der Waals surface area contributed by atoms with Crippen molar-refractivity contribution in [2.75, 3.05) is 24.2 Å². The number of fused-ring (bicyclic) bond motifs is 1. The molecule has 3 rings (SSSR count). The number of amides is 1. The van der Waals surface area contributed by atoms with Crippen LogP contribution in [0.15, 0.2) is 24.4 Å². The van der Waals surface area contributed by atoms with E-state index in [9.17, 15) is 4.79 Å². The second kappa shape index (κ2) is 6.28. The summed E-state index contributed by atoms with van der Waals surface area (Å²) in [5.41, 5.74) is 1.76. The number of hydrogen-bond donors (Lipinski definition) is 3. The summed E-state index contributed by atoms with van der Waals surface area (Å²) >= 11 is 1.76. The lowest BCUT2D eigenvalue weighted by molar-refractivity contribution is -0.113.